The summed E-state index contributed by atoms with van der Waals surface area (Å²) in [6.45, 7) is 0.567. The number of amides is 2. The molecule has 1 atom stereocenters. The largest absolute Gasteiger partial charge is 0.348 e. The molecule has 35 heavy (non-hydrogen) atoms. The number of nitrogens with one attached hydrogen (secondary N) is 1. The highest BCUT2D eigenvalue weighted by Crippen LogP contribution is 2.25. The van der Waals surface area contributed by atoms with E-state index >= 15 is 0 Å². The first kappa shape index (κ1) is 24.2. The lowest BCUT2D eigenvalue weighted by Gasteiger charge is -2.32. The molecule has 1 N–H and O–H groups in total. The summed E-state index contributed by atoms with van der Waals surface area (Å²) in [6, 6.07) is 31.0. The summed E-state index contributed by atoms with van der Waals surface area (Å²) < 4.78 is 0. The highest BCUT2D eigenvalue weighted by atomic mass is 35.5. The third-order valence-corrected chi connectivity index (χ3v) is 5.88. The van der Waals surface area contributed by atoms with Gasteiger partial charge in [0.2, 0.25) is 11.8 Å². The number of hydrogen-bond acceptors (Lipinski definition) is 3. The first-order chi connectivity index (χ1) is 17.1. The summed E-state index contributed by atoms with van der Waals surface area (Å²) in [4.78, 5) is 33.2. The van der Waals surface area contributed by atoms with Crippen molar-refractivity contribution >= 4 is 23.4 Å². The number of hydrogen-bond donors (Lipinski definition) is 1. The van der Waals surface area contributed by atoms with E-state index in [0.29, 0.717) is 11.6 Å². The molecule has 5 nitrogen and oxygen atoms in total. The van der Waals surface area contributed by atoms with Crippen molar-refractivity contribution in [1.82, 2.24) is 15.2 Å². The van der Waals surface area contributed by atoms with Gasteiger partial charge in [0.05, 0.1) is 18.7 Å². The van der Waals surface area contributed by atoms with Crippen LogP contribution in [-0.4, -0.2) is 21.7 Å². The number of nitrogens with zero attached hydrogens (tertiary/aromatic N) is 2. The molecule has 2 amide bonds. The smallest absolute Gasteiger partial charge is 0.247 e. The van der Waals surface area contributed by atoms with Gasteiger partial charge in [-0.25, -0.2) is 0 Å². The Kier molecular flexibility index (Phi) is 8.25. The predicted octanol–water partition coefficient (Wildman–Crippen LogP) is 5.36. The zero-order chi connectivity index (χ0) is 24.5. The zero-order valence-corrected chi connectivity index (χ0v) is 19.9. The Bertz CT molecular complexity index is 1230. The number of carbonyl (C=O) groups excluding carboxylic acids is 2. The number of rotatable bonds is 9. The van der Waals surface area contributed by atoms with Crippen LogP contribution >= 0.6 is 11.6 Å². The maximum atomic E-state index is 13.7. The van der Waals surface area contributed by atoms with Crippen LogP contribution in [0.5, 0.6) is 0 Å². The van der Waals surface area contributed by atoms with Crippen molar-refractivity contribution in [3.05, 3.63) is 137 Å². The fourth-order valence-corrected chi connectivity index (χ4v) is 3.99. The molecule has 6 heteroatoms. The van der Waals surface area contributed by atoms with Gasteiger partial charge in [0.15, 0.2) is 0 Å². The van der Waals surface area contributed by atoms with Crippen molar-refractivity contribution in [3.8, 4) is 0 Å². The van der Waals surface area contributed by atoms with Gasteiger partial charge in [0.1, 0.15) is 6.04 Å². The van der Waals surface area contributed by atoms with Crippen LogP contribution in [0.4, 0.5) is 0 Å². The molecule has 3 aromatic carbocycles. The van der Waals surface area contributed by atoms with Gasteiger partial charge < -0.3 is 10.2 Å². The molecule has 0 unspecified atom stereocenters. The van der Waals surface area contributed by atoms with Crippen LogP contribution in [0, 0.1) is 0 Å². The standard InChI is InChI=1S/C29H26ClN3O2/c30-25-16-14-22(15-17-25)19-27(34)33(21-23-9-3-1-4-10-23)28(24-11-5-2-6-12-24)29(35)32-20-26-13-7-8-18-31-26/h1-18,28H,19-21H2,(H,32,35)/t28-/m0/s1. The molecule has 1 heterocycles. The van der Waals surface area contributed by atoms with Crippen LogP contribution < -0.4 is 5.32 Å². The van der Waals surface area contributed by atoms with E-state index in [9.17, 15) is 9.59 Å². The van der Waals surface area contributed by atoms with E-state index in [0.717, 1.165) is 22.4 Å². The predicted molar refractivity (Wildman–Crippen MR) is 137 cm³/mol. The van der Waals surface area contributed by atoms with Gasteiger partial charge in [0.25, 0.3) is 0 Å². The maximum Gasteiger partial charge on any atom is 0.247 e. The van der Waals surface area contributed by atoms with Crippen molar-refractivity contribution in [3.63, 3.8) is 0 Å². The molecular formula is C29H26ClN3O2. The van der Waals surface area contributed by atoms with E-state index < -0.39 is 6.04 Å². The van der Waals surface area contributed by atoms with Crippen LogP contribution in [0.3, 0.4) is 0 Å². The minimum absolute atomic E-state index is 0.154. The van der Waals surface area contributed by atoms with E-state index in [2.05, 4.69) is 10.3 Å². The molecule has 0 spiro atoms. The number of benzene rings is 3. The van der Waals surface area contributed by atoms with Crippen molar-refractivity contribution in [1.29, 1.82) is 0 Å². The molecule has 0 aliphatic heterocycles. The second-order valence-corrected chi connectivity index (χ2v) is 8.60. The van der Waals surface area contributed by atoms with Crippen LogP contribution in [0.1, 0.15) is 28.4 Å². The maximum absolute atomic E-state index is 13.7. The van der Waals surface area contributed by atoms with E-state index in [4.69, 9.17) is 11.6 Å². The van der Waals surface area contributed by atoms with Gasteiger partial charge in [-0.05, 0) is 41.0 Å². The lowest BCUT2D eigenvalue weighted by Crippen LogP contribution is -2.44. The monoisotopic (exact) mass is 483 g/mol. The van der Waals surface area contributed by atoms with E-state index in [-0.39, 0.29) is 24.8 Å². The molecule has 0 fully saturated rings. The molecule has 4 rings (SSSR count). The Morgan fingerprint density at radius 1 is 0.800 bits per heavy atom. The van der Waals surface area contributed by atoms with Gasteiger partial charge in [0, 0.05) is 17.8 Å². The van der Waals surface area contributed by atoms with Gasteiger partial charge in [-0.15, -0.1) is 0 Å². The van der Waals surface area contributed by atoms with E-state index in [1.807, 2.05) is 91.0 Å². The molecule has 4 aromatic rings. The summed E-state index contributed by atoms with van der Waals surface area (Å²) in [5.74, 6) is -0.416. The van der Waals surface area contributed by atoms with Gasteiger partial charge in [-0.1, -0.05) is 90.5 Å². The summed E-state index contributed by atoms with van der Waals surface area (Å²) in [5, 5.41) is 3.59. The van der Waals surface area contributed by atoms with Crippen LogP contribution in [-0.2, 0) is 29.1 Å². The van der Waals surface area contributed by atoms with E-state index in [1.54, 1.807) is 23.2 Å². The lowest BCUT2D eigenvalue weighted by atomic mass is 10.0. The summed E-state index contributed by atoms with van der Waals surface area (Å²) >= 11 is 6.02. The quantitative estimate of drug-likeness (QED) is 0.348. The fraction of sp³-hybridized carbons (Fsp3) is 0.138. The molecule has 0 aliphatic carbocycles. The summed E-state index contributed by atoms with van der Waals surface area (Å²) in [5.41, 5.74) is 3.26. The van der Waals surface area contributed by atoms with Crippen molar-refractivity contribution < 1.29 is 9.59 Å². The Morgan fingerprint density at radius 3 is 2.11 bits per heavy atom. The van der Waals surface area contributed by atoms with Crippen LogP contribution in [0.15, 0.2) is 109 Å². The van der Waals surface area contributed by atoms with Gasteiger partial charge in [-0.3, -0.25) is 14.6 Å². The molecule has 0 aliphatic rings. The number of pyridine rings is 1. The minimum Gasteiger partial charge on any atom is -0.348 e. The normalized spacial score (nSPS) is 11.5. The molecule has 0 bridgehead atoms. The molecule has 1 aromatic heterocycles. The van der Waals surface area contributed by atoms with Gasteiger partial charge in [-0.2, -0.15) is 0 Å². The number of halogens is 1. The molecule has 0 radical (unpaired) electrons. The molecule has 0 saturated heterocycles. The molecule has 176 valence electrons. The number of carbonyl (C=O) groups is 2. The first-order valence-electron chi connectivity index (χ1n) is 11.4. The second-order valence-electron chi connectivity index (χ2n) is 8.16. The average molecular weight is 484 g/mol. The lowest BCUT2D eigenvalue weighted by molar-refractivity contribution is -0.141. The van der Waals surface area contributed by atoms with Crippen molar-refractivity contribution in [2.45, 2.75) is 25.6 Å². The topological polar surface area (TPSA) is 62.3 Å². The third kappa shape index (κ3) is 6.78. The molecular weight excluding hydrogens is 458 g/mol. The van der Waals surface area contributed by atoms with Crippen LogP contribution in [0.25, 0.3) is 0 Å². The second kappa shape index (κ2) is 12.0. The van der Waals surface area contributed by atoms with Crippen molar-refractivity contribution in [2.24, 2.45) is 0 Å². The summed E-state index contributed by atoms with van der Waals surface area (Å²) in [7, 11) is 0. The first-order valence-corrected chi connectivity index (χ1v) is 11.8. The Hall–Kier alpha value is -3.96. The Balaban J connectivity index is 1.66. The highest BCUT2D eigenvalue weighted by molar-refractivity contribution is 6.30. The van der Waals surface area contributed by atoms with E-state index in [1.165, 1.54) is 0 Å². The average Bonchev–Trinajstić information content (AvgIpc) is 2.90. The highest BCUT2D eigenvalue weighted by Gasteiger charge is 2.31. The van der Waals surface area contributed by atoms with Crippen molar-refractivity contribution in [2.75, 3.05) is 0 Å². The van der Waals surface area contributed by atoms with Crippen LogP contribution in [0.2, 0.25) is 5.02 Å². The Labute approximate surface area is 210 Å². The third-order valence-electron chi connectivity index (χ3n) is 5.63. The minimum atomic E-state index is -0.806. The molecule has 0 saturated carbocycles. The number of aromatic nitrogens is 1. The SMILES string of the molecule is O=C(NCc1ccccn1)[C@H](c1ccccc1)N(Cc1ccccc1)C(=O)Cc1ccc(Cl)cc1. The van der Waals surface area contributed by atoms with Gasteiger partial charge >= 0.3 is 0 Å². The zero-order valence-electron chi connectivity index (χ0n) is 19.2. The fourth-order valence-electron chi connectivity index (χ4n) is 3.87. The Morgan fingerprint density at radius 2 is 1.46 bits per heavy atom. The summed E-state index contributed by atoms with van der Waals surface area (Å²) in [6.07, 6.45) is 1.84.